The van der Waals surface area contributed by atoms with Gasteiger partial charge in [0.15, 0.2) is 0 Å². The minimum atomic E-state index is -1.15. The lowest BCUT2D eigenvalue weighted by atomic mass is 10.1. The highest BCUT2D eigenvalue weighted by Gasteiger charge is 2.25. The first-order chi connectivity index (χ1) is 7.06. The minimum absolute atomic E-state index is 0.403. The molecule has 1 aromatic heterocycles. The monoisotopic (exact) mass is 212 g/mol. The second-order valence-corrected chi connectivity index (χ2v) is 3.10. The molecule has 0 aliphatic heterocycles. The molecule has 82 valence electrons. The molecular formula is C9H12N2O4. The van der Waals surface area contributed by atoms with Crippen molar-refractivity contribution in [3.05, 3.63) is 34.0 Å². The van der Waals surface area contributed by atoms with Crippen LogP contribution in [-0.4, -0.2) is 28.2 Å². The highest BCUT2D eigenvalue weighted by atomic mass is 16.6. The lowest BCUT2D eigenvalue weighted by Crippen LogP contribution is -2.23. The molecule has 1 heterocycles. The zero-order chi connectivity index (χ0) is 11.4. The summed E-state index contributed by atoms with van der Waals surface area (Å²) in [5, 5.41) is 20.0. The van der Waals surface area contributed by atoms with Crippen molar-refractivity contribution in [1.82, 2.24) is 4.98 Å². The van der Waals surface area contributed by atoms with Gasteiger partial charge in [-0.25, -0.2) is 4.98 Å². The fourth-order valence-electron chi connectivity index (χ4n) is 1.08. The molecule has 15 heavy (non-hydrogen) atoms. The van der Waals surface area contributed by atoms with Crippen LogP contribution in [0.4, 0.5) is 0 Å². The number of nitro groups is 1. The molecule has 2 atom stereocenters. The van der Waals surface area contributed by atoms with Crippen LogP contribution >= 0.6 is 0 Å². The molecule has 1 rings (SSSR count). The molecule has 0 unspecified atom stereocenters. The van der Waals surface area contributed by atoms with Crippen molar-refractivity contribution in [1.29, 1.82) is 0 Å². The van der Waals surface area contributed by atoms with Crippen LogP contribution < -0.4 is 4.74 Å². The Morgan fingerprint density at radius 3 is 2.67 bits per heavy atom. The fraction of sp³-hybridized carbons (Fsp3) is 0.444. The molecule has 6 heteroatoms. The smallest absolute Gasteiger partial charge is 0.240 e. The zero-order valence-corrected chi connectivity index (χ0v) is 8.45. The number of rotatable bonds is 4. The average molecular weight is 212 g/mol. The molecule has 0 aliphatic carbocycles. The van der Waals surface area contributed by atoms with Crippen molar-refractivity contribution in [3.8, 4) is 5.88 Å². The second-order valence-electron chi connectivity index (χ2n) is 3.10. The average Bonchev–Trinajstić information content (AvgIpc) is 2.27. The van der Waals surface area contributed by atoms with Crippen LogP contribution in [0, 0.1) is 10.1 Å². The topological polar surface area (TPSA) is 85.5 Å². The third kappa shape index (κ3) is 2.63. The van der Waals surface area contributed by atoms with Gasteiger partial charge in [-0.3, -0.25) is 10.1 Å². The Labute approximate surface area is 86.7 Å². The molecule has 0 saturated carbocycles. The van der Waals surface area contributed by atoms with E-state index < -0.39 is 17.1 Å². The van der Waals surface area contributed by atoms with Gasteiger partial charge >= 0.3 is 0 Å². The molecule has 0 radical (unpaired) electrons. The summed E-state index contributed by atoms with van der Waals surface area (Å²) in [5.74, 6) is 0.403. The van der Waals surface area contributed by atoms with Gasteiger partial charge in [0, 0.05) is 29.7 Å². The predicted octanol–water partition coefficient (Wildman–Crippen LogP) is 0.789. The van der Waals surface area contributed by atoms with Crippen molar-refractivity contribution >= 4 is 0 Å². The van der Waals surface area contributed by atoms with E-state index in [-0.39, 0.29) is 0 Å². The summed E-state index contributed by atoms with van der Waals surface area (Å²) in [6, 6.07) is 2.04. The highest BCUT2D eigenvalue weighted by Crippen LogP contribution is 2.19. The largest absolute Gasteiger partial charge is 0.481 e. The first-order valence-corrected chi connectivity index (χ1v) is 4.37. The maximum absolute atomic E-state index is 10.4. The summed E-state index contributed by atoms with van der Waals surface area (Å²) in [4.78, 5) is 13.8. The number of hydrogen-bond acceptors (Lipinski definition) is 5. The Bertz CT molecular complexity index is 338. The van der Waals surface area contributed by atoms with Crippen LogP contribution in [-0.2, 0) is 0 Å². The van der Waals surface area contributed by atoms with Gasteiger partial charge in [-0.2, -0.15) is 0 Å². The third-order valence-corrected chi connectivity index (χ3v) is 2.10. The van der Waals surface area contributed by atoms with E-state index in [4.69, 9.17) is 4.74 Å². The van der Waals surface area contributed by atoms with E-state index in [1.54, 1.807) is 12.1 Å². The number of pyridine rings is 1. The lowest BCUT2D eigenvalue weighted by molar-refractivity contribution is -0.531. The lowest BCUT2D eigenvalue weighted by Gasteiger charge is -2.12. The number of aliphatic hydroxyl groups is 1. The van der Waals surface area contributed by atoms with Crippen LogP contribution in [0.15, 0.2) is 18.3 Å². The number of aromatic nitrogens is 1. The Morgan fingerprint density at radius 1 is 1.60 bits per heavy atom. The fourth-order valence-corrected chi connectivity index (χ4v) is 1.08. The van der Waals surface area contributed by atoms with E-state index >= 15 is 0 Å². The SMILES string of the molecule is COc1ccc([C@@H](O)[C@H](C)[N+](=O)[O-])cn1. The molecule has 0 fully saturated rings. The molecule has 0 amide bonds. The predicted molar refractivity (Wildman–Crippen MR) is 52.2 cm³/mol. The molecule has 0 aromatic carbocycles. The first kappa shape index (κ1) is 11.4. The molecule has 0 saturated heterocycles. The summed E-state index contributed by atoms with van der Waals surface area (Å²) in [6.07, 6.45) is 0.210. The highest BCUT2D eigenvalue weighted by molar-refractivity contribution is 5.20. The van der Waals surface area contributed by atoms with Gasteiger partial charge in [-0.05, 0) is 6.07 Å². The van der Waals surface area contributed by atoms with E-state index in [9.17, 15) is 15.2 Å². The molecule has 0 bridgehead atoms. The maximum Gasteiger partial charge on any atom is 0.240 e. The number of hydrogen-bond donors (Lipinski definition) is 1. The maximum atomic E-state index is 10.4. The third-order valence-electron chi connectivity index (χ3n) is 2.10. The first-order valence-electron chi connectivity index (χ1n) is 4.37. The van der Waals surface area contributed by atoms with Crippen molar-refractivity contribution < 1.29 is 14.8 Å². The number of nitrogens with zero attached hydrogens (tertiary/aromatic N) is 2. The van der Waals surface area contributed by atoms with Crippen molar-refractivity contribution in [2.75, 3.05) is 7.11 Å². The molecule has 1 aromatic rings. The van der Waals surface area contributed by atoms with Crippen LogP contribution in [0.25, 0.3) is 0 Å². The van der Waals surface area contributed by atoms with Gasteiger partial charge in [-0.1, -0.05) is 0 Å². The van der Waals surface area contributed by atoms with E-state index in [1.165, 1.54) is 20.2 Å². The van der Waals surface area contributed by atoms with Crippen LogP contribution in [0.3, 0.4) is 0 Å². The second kappa shape index (κ2) is 4.70. The molecule has 0 aliphatic rings. The Kier molecular flexibility index (Phi) is 3.56. The number of ether oxygens (including phenoxy) is 1. The van der Waals surface area contributed by atoms with Crippen LogP contribution in [0.5, 0.6) is 5.88 Å². The summed E-state index contributed by atoms with van der Waals surface area (Å²) in [7, 11) is 1.47. The van der Waals surface area contributed by atoms with Gasteiger partial charge in [0.05, 0.1) is 7.11 Å². The van der Waals surface area contributed by atoms with Gasteiger partial charge < -0.3 is 9.84 Å². The summed E-state index contributed by atoms with van der Waals surface area (Å²) in [6.45, 7) is 1.34. The minimum Gasteiger partial charge on any atom is -0.481 e. The molecule has 0 spiro atoms. The van der Waals surface area contributed by atoms with E-state index in [1.807, 2.05) is 0 Å². The normalized spacial score (nSPS) is 14.3. The molecular weight excluding hydrogens is 200 g/mol. The van der Waals surface area contributed by atoms with Gasteiger partial charge in [0.25, 0.3) is 0 Å². The quantitative estimate of drug-likeness (QED) is 0.589. The molecule has 6 nitrogen and oxygen atoms in total. The van der Waals surface area contributed by atoms with Gasteiger partial charge in [0.2, 0.25) is 11.9 Å². The van der Waals surface area contributed by atoms with Gasteiger partial charge in [-0.15, -0.1) is 0 Å². The Hall–Kier alpha value is -1.69. The summed E-state index contributed by atoms with van der Waals surface area (Å²) < 4.78 is 4.83. The number of methoxy groups -OCH3 is 1. The Morgan fingerprint density at radius 2 is 2.27 bits per heavy atom. The summed E-state index contributed by atoms with van der Waals surface area (Å²) >= 11 is 0. The van der Waals surface area contributed by atoms with Crippen LogP contribution in [0.2, 0.25) is 0 Å². The zero-order valence-electron chi connectivity index (χ0n) is 8.45. The van der Waals surface area contributed by atoms with E-state index in [0.29, 0.717) is 11.4 Å². The van der Waals surface area contributed by atoms with Crippen molar-refractivity contribution in [2.45, 2.75) is 19.1 Å². The number of aliphatic hydroxyl groups excluding tert-OH is 1. The van der Waals surface area contributed by atoms with Crippen molar-refractivity contribution in [3.63, 3.8) is 0 Å². The summed E-state index contributed by atoms with van der Waals surface area (Å²) in [5.41, 5.74) is 0.403. The standard InChI is InChI=1S/C9H12N2O4/c1-6(11(13)14)9(12)7-3-4-8(15-2)10-5-7/h3-6,9,12H,1-2H3/t6-,9-/m0/s1. The van der Waals surface area contributed by atoms with Crippen LogP contribution in [0.1, 0.15) is 18.6 Å². The molecule has 1 N–H and O–H groups in total. The van der Waals surface area contributed by atoms with Crippen molar-refractivity contribution in [2.24, 2.45) is 0 Å². The van der Waals surface area contributed by atoms with E-state index in [0.717, 1.165) is 0 Å². The van der Waals surface area contributed by atoms with Gasteiger partial charge in [0.1, 0.15) is 6.10 Å². The van der Waals surface area contributed by atoms with E-state index in [2.05, 4.69) is 4.98 Å². The Balaban J connectivity index is 2.82.